The van der Waals surface area contributed by atoms with Crippen molar-refractivity contribution in [1.82, 2.24) is 0 Å². The van der Waals surface area contributed by atoms with Crippen LogP contribution in [0.1, 0.15) is 11.1 Å². The highest BCUT2D eigenvalue weighted by molar-refractivity contribution is 9.10. The normalized spacial score (nSPS) is 11.9. The maximum Gasteiger partial charge on any atom is 0.282 e. The van der Waals surface area contributed by atoms with Gasteiger partial charge >= 0.3 is 0 Å². The van der Waals surface area contributed by atoms with Crippen LogP contribution in [0.3, 0.4) is 0 Å². The number of benzene rings is 2. The van der Waals surface area contributed by atoms with Crippen LogP contribution in [0.4, 0.5) is 0 Å². The molecule has 0 aromatic heterocycles. The van der Waals surface area contributed by atoms with Crippen LogP contribution in [0.25, 0.3) is 0 Å². The lowest BCUT2D eigenvalue weighted by atomic mass is 10.2. The first kappa shape index (κ1) is 14.0. The van der Waals surface area contributed by atoms with Crippen LogP contribution >= 0.6 is 15.9 Å². The van der Waals surface area contributed by atoms with Gasteiger partial charge in [0.15, 0.2) is 0 Å². The number of hydrogen-bond donors (Lipinski definition) is 0. The van der Waals surface area contributed by atoms with Crippen LogP contribution in [-0.2, 0) is 10.0 Å². The highest BCUT2D eigenvalue weighted by atomic mass is 79.9. The second kappa shape index (κ2) is 5.67. The summed E-state index contributed by atoms with van der Waals surface area (Å²) in [5.41, 5.74) is 1.87. The van der Waals surface area contributed by atoms with E-state index in [0.717, 1.165) is 15.6 Å². The molecule has 0 aliphatic rings. The Kier molecular flexibility index (Phi) is 4.17. The highest BCUT2D eigenvalue weighted by Gasteiger charge is 2.10. The minimum Gasteiger partial charge on any atom is -0.199 e. The monoisotopic (exact) mass is 337 g/mol. The quantitative estimate of drug-likeness (QED) is 0.804. The molecule has 0 spiro atoms. The zero-order valence-corrected chi connectivity index (χ0v) is 12.6. The Bertz CT molecular complexity index is 689. The first-order chi connectivity index (χ1) is 8.97. The largest absolute Gasteiger partial charge is 0.282 e. The Morgan fingerprint density at radius 1 is 1.00 bits per heavy atom. The summed E-state index contributed by atoms with van der Waals surface area (Å²) in [6.45, 7) is 1.97. The molecule has 0 aliphatic heterocycles. The average molecular weight is 338 g/mol. The van der Waals surface area contributed by atoms with Crippen molar-refractivity contribution in [3.8, 4) is 0 Å². The molecule has 0 fully saturated rings. The fourth-order valence-corrected chi connectivity index (χ4v) is 2.58. The molecule has 2 aromatic carbocycles. The van der Waals surface area contributed by atoms with E-state index in [4.69, 9.17) is 0 Å². The Balaban J connectivity index is 2.26. The third-order valence-electron chi connectivity index (χ3n) is 2.53. The SMILES string of the molecule is Cc1ccc(/C=N/S(=O)(=O)c2ccc(Br)cc2)cc1. The molecule has 19 heavy (non-hydrogen) atoms. The van der Waals surface area contributed by atoms with Crippen molar-refractivity contribution in [3.05, 3.63) is 64.1 Å². The second-order valence-corrected chi connectivity index (χ2v) is 6.62. The molecule has 0 unspecified atom stereocenters. The average Bonchev–Trinajstić information content (AvgIpc) is 2.39. The number of sulfonamides is 1. The van der Waals surface area contributed by atoms with Crippen molar-refractivity contribution in [2.45, 2.75) is 11.8 Å². The molecule has 0 radical (unpaired) electrons. The van der Waals surface area contributed by atoms with Crippen molar-refractivity contribution >= 4 is 32.2 Å². The lowest BCUT2D eigenvalue weighted by molar-refractivity contribution is 0.598. The van der Waals surface area contributed by atoms with E-state index >= 15 is 0 Å². The van der Waals surface area contributed by atoms with Crippen LogP contribution < -0.4 is 0 Å². The minimum absolute atomic E-state index is 0.180. The molecule has 3 nitrogen and oxygen atoms in total. The molecule has 0 N–H and O–H groups in total. The van der Waals surface area contributed by atoms with Crippen molar-refractivity contribution in [1.29, 1.82) is 0 Å². The summed E-state index contributed by atoms with van der Waals surface area (Å²) >= 11 is 3.26. The van der Waals surface area contributed by atoms with E-state index < -0.39 is 10.0 Å². The van der Waals surface area contributed by atoms with Gasteiger partial charge in [-0.25, -0.2) is 0 Å². The molecule has 0 heterocycles. The summed E-state index contributed by atoms with van der Waals surface area (Å²) in [5, 5.41) is 0. The van der Waals surface area contributed by atoms with Crippen molar-refractivity contribution in [2.24, 2.45) is 4.40 Å². The summed E-state index contributed by atoms with van der Waals surface area (Å²) in [4.78, 5) is 0.180. The van der Waals surface area contributed by atoms with Gasteiger partial charge in [0.1, 0.15) is 0 Å². The van der Waals surface area contributed by atoms with Gasteiger partial charge in [0.05, 0.1) is 4.90 Å². The van der Waals surface area contributed by atoms with Gasteiger partial charge in [0, 0.05) is 10.7 Å². The molecule has 2 aromatic rings. The fourth-order valence-electron chi connectivity index (χ4n) is 1.45. The van der Waals surface area contributed by atoms with Crippen LogP contribution in [-0.4, -0.2) is 14.6 Å². The summed E-state index contributed by atoms with van der Waals surface area (Å²) in [6, 6.07) is 13.9. The van der Waals surface area contributed by atoms with Gasteiger partial charge in [-0.2, -0.15) is 12.8 Å². The third-order valence-corrected chi connectivity index (χ3v) is 4.31. The summed E-state index contributed by atoms with van der Waals surface area (Å²) in [5.74, 6) is 0. The lowest BCUT2D eigenvalue weighted by Gasteiger charge is -1.99. The Labute approximate surface area is 121 Å². The van der Waals surface area contributed by atoms with Gasteiger partial charge in [-0.05, 0) is 36.8 Å². The molecule has 98 valence electrons. The van der Waals surface area contributed by atoms with Gasteiger partial charge in [0.25, 0.3) is 10.0 Å². The van der Waals surface area contributed by atoms with E-state index in [1.165, 1.54) is 18.3 Å². The lowest BCUT2D eigenvalue weighted by Crippen LogP contribution is -1.97. The molecule has 0 saturated carbocycles. The van der Waals surface area contributed by atoms with Crippen LogP contribution in [0.2, 0.25) is 0 Å². The van der Waals surface area contributed by atoms with E-state index in [1.54, 1.807) is 12.1 Å². The molecule has 0 amide bonds. The van der Waals surface area contributed by atoms with E-state index in [0.29, 0.717) is 0 Å². The highest BCUT2D eigenvalue weighted by Crippen LogP contribution is 2.16. The fraction of sp³-hybridized carbons (Fsp3) is 0.0714. The van der Waals surface area contributed by atoms with E-state index in [9.17, 15) is 8.42 Å². The number of halogens is 1. The molecule has 0 bridgehead atoms. The Morgan fingerprint density at radius 2 is 1.58 bits per heavy atom. The predicted octanol–water partition coefficient (Wildman–Crippen LogP) is 3.57. The summed E-state index contributed by atoms with van der Waals surface area (Å²) in [7, 11) is -3.64. The molecular weight excluding hydrogens is 326 g/mol. The van der Waals surface area contributed by atoms with E-state index in [2.05, 4.69) is 20.3 Å². The summed E-state index contributed by atoms with van der Waals surface area (Å²) in [6.07, 6.45) is 1.36. The minimum atomic E-state index is -3.64. The number of nitrogens with zero attached hydrogens (tertiary/aromatic N) is 1. The molecule has 2 rings (SSSR count). The van der Waals surface area contributed by atoms with E-state index in [1.807, 2.05) is 31.2 Å². The number of aryl methyl sites for hydroxylation is 1. The van der Waals surface area contributed by atoms with Crippen molar-refractivity contribution in [3.63, 3.8) is 0 Å². The standard InChI is InChI=1S/C14H12BrNO2S/c1-11-2-4-12(5-3-11)10-16-19(17,18)14-8-6-13(15)7-9-14/h2-10H,1H3/b16-10+. The first-order valence-corrected chi connectivity index (χ1v) is 7.83. The van der Waals surface area contributed by atoms with Gasteiger partial charge in [-0.15, -0.1) is 0 Å². The number of hydrogen-bond acceptors (Lipinski definition) is 2. The Hall–Kier alpha value is -1.46. The van der Waals surface area contributed by atoms with Crippen molar-refractivity contribution in [2.75, 3.05) is 0 Å². The molecular formula is C14H12BrNO2S. The zero-order chi connectivity index (χ0) is 13.9. The maximum atomic E-state index is 12.0. The molecule has 0 atom stereocenters. The second-order valence-electron chi connectivity index (χ2n) is 4.07. The van der Waals surface area contributed by atoms with Crippen LogP contribution in [0, 0.1) is 6.92 Å². The number of rotatable bonds is 3. The molecule has 0 saturated heterocycles. The topological polar surface area (TPSA) is 46.5 Å². The van der Waals surface area contributed by atoms with E-state index in [-0.39, 0.29) is 4.90 Å². The van der Waals surface area contributed by atoms with Crippen molar-refractivity contribution < 1.29 is 8.42 Å². The van der Waals surface area contributed by atoms with Gasteiger partial charge in [-0.1, -0.05) is 45.8 Å². The maximum absolute atomic E-state index is 12.0. The van der Waals surface area contributed by atoms with Gasteiger partial charge in [-0.3, -0.25) is 0 Å². The van der Waals surface area contributed by atoms with Crippen LogP contribution in [0.15, 0.2) is 62.3 Å². The first-order valence-electron chi connectivity index (χ1n) is 5.60. The molecule has 5 heteroatoms. The van der Waals surface area contributed by atoms with Gasteiger partial charge < -0.3 is 0 Å². The summed E-state index contributed by atoms with van der Waals surface area (Å²) < 4.78 is 28.5. The molecule has 0 aliphatic carbocycles. The zero-order valence-electron chi connectivity index (χ0n) is 10.2. The Morgan fingerprint density at radius 3 is 2.16 bits per heavy atom. The third kappa shape index (κ3) is 3.75. The van der Waals surface area contributed by atoms with Gasteiger partial charge in [0.2, 0.25) is 0 Å². The predicted molar refractivity (Wildman–Crippen MR) is 80.1 cm³/mol. The smallest absolute Gasteiger partial charge is 0.199 e. The van der Waals surface area contributed by atoms with Crippen LogP contribution in [0.5, 0.6) is 0 Å².